The maximum Gasteiger partial charge on any atom is 0.245 e. The minimum atomic E-state index is -0.568. The van der Waals surface area contributed by atoms with Crippen LogP contribution in [-0.2, 0) is 16.0 Å². The molecule has 2 heterocycles. The number of amides is 2. The number of nitrogens with zero attached hydrogens (tertiary/aromatic N) is 1. The van der Waals surface area contributed by atoms with E-state index in [1.807, 2.05) is 24.0 Å². The SMILES string of the molecule is CCCC(=O)N[C@@H](Cc1ccc(O)cc1)C(=O)N1CCC(CNCCCCNCC2CCNCC2)CC1. The number of hydrogen-bond acceptors (Lipinski definition) is 6. The monoisotopic (exact) mass is 515 g/mol. The lowest BCUT2D eigenvalue weighted by Gasteiger charge is -2.34. The van der Waals surface area contributed by atoms with Crippen LogP contribution in [0, 0.1) is 11.8 Å². The van der Waals surface area contributed by atoms with E-state index in [0.29, 0.717) is 18.8 Å². The van der Waals surface area contributed by atoms with Gasteiger partial charge in [-0.05, 0) is 114 Å². The van der Waals surface area contributed by atoms with Gasteiger partial charge in [-0.3, -0.25) is 9.59 Å². The van der Waals surface area contributed by atoms with Crippen molar-refractivity contribution in [3.63, 3.8) is 0 Å². The molecule has 3 rings (SSSR count). The molecule has 2 saturated heterocycles. The maximum absolute atomic E-state index is 13.3. The molecule has 1 aromatic rings. The first-order chi connectivity index (χ1) is 18.0. The van der Waals surface area contributed by atoms with Crippen molar-refractivity contribution in [2.24, 2.45) is 11.8 Å². The third kappa shape index (κ3) is 11.0. The summed E-state index contributed by atoms with van der Waals surface area (Å²) < 4.78 is 0. The Morgan fingerprint density at radius 3 is 2.16 bits per heavy atom. The highest BCUT2D eigenvalue weighted by Gasteiger charge is 2.29. The fourth-order valence-corrected chi connectivity index (χ4v) is 5.34. The lowest BCUT2D eigenvalue weighted by Crippen LogP contribution is -2.52. The van der Waals surface area contributed by atoms with Crippen LogP contribution >= 0.6 is 0 Å². The molecule has 208 valence electrons. The number of carbonyl (C=O) groups excluding carboxylic acids is 2. The van der Waals surface area contributed by atoms with Gasteiger partial charge in [0.25, 0.3) is 0 Å². The Kier molecular flexibility index (Phi) is 13.2. The number of hydrogen-bond donors (Lipinski definition) is 5. The van der Waals surface area contributed by atoms with Crippen molar-refractivity contribution >= 4 is 11.8 Å². The molecule has 8 nitrogen and oxygen atoms in total. The Balaban J connectivity index is 1.31. The summed E-state index contributed by atoms with van der Waals surface area (Å²) in [6.45, 7) is 10.1. The first-order valence-electron chi connectivity index (χ1n) is 14.5. The Morgan fingerprint density at radius 1 is 0.973 bits per heavy atom. The molecular formula is C29H49N5O3. The van der Waals surface area contributed by atoms with Gasteiger partial charge in [0.1, 0.15) is 11.8 Å². The van der Waals surface area contributed by atoms with Crippen LogP contribution in [0.2, 0.25) is 0 Å². The van der Waals surface area contributed by atoms with Crippen molar-refractivity contribution in [3.8, 4) is 5.75 Å². The lowest BCUT2D eigenvalue weighted by molar-refractivity contribution is -0.137. The van der Waals surface area contributed by atoms with Crippen LogP contribution in [0.25, 0.3) is 0 Å². The van der Waals surface area contributed by atoms with E-state index in [-0.39, 0.29) is 17.6 Å². The second-order valence-corrected chi connectivity index (χ2v) is 10.8. The zero-order valence-electron chi connectivity index (χ0n) is 22.8. The molecule has 0 bridgehead atoms. The second kappa shape index (κ2) is 16.6. The van der Waals surface area contributed by atoms with Crippen molar-refractivity contribution in [2.75, 3.05) is 52.4 Å². The van der Waals surface area contributed by atoms with Crippen LogP contribution in [0.15, 0.2) is 24.3 Å². The van der Waals surface area contributed by atoms with E-state index in [1.165, 1.54) is 38.8 Å². The molecule has 0 spiro atoms. The maximum atomic E-state index is 13.3. The third-order valence-corrected chi connectivity index (χ3v) is 7.69. The van der Waals surface area contributed by atoms with Gasteiger partial charge >= 0.3 is 0 Å². The molecule has 37 heavy (non-hydrogen) atoms. The number of unbranched alkanes of at least 4 members (excludes halogenated alkanes) is 1. The standard InChI is InChI=1S/C29H49N5O3/c1-2-5-28(36)33-27(20-23-6-8-26(35)9-7-23)29(37)34-18-12-25(13-19-34)22-32-15-4-3-14-31-21-24-10-16-30-17-11-24/h6-9,24-25,27,30-32,35H,2-5,10-22H2,1H3,(H,33,36)/t27-/m0/s1. The van der Waals surface area contributed by atoms with Gasteiger partial charge in [0.05, 0.1) is 0 Å². The minimum Gasteiger partial charge on any atom is -0.508 e. The van der Waals surface area contributed by atoms with Crippen molar-refractivity contribution in [1.29, 1.82) is 0 Å². The summed E-state index contributed by atoms with van der Waals surface area (Å²) in [6, 6.07) is 6.29. The van der Waals surface area contributed by atoms with Crippen molar-refractivity contribution in [1.82, 2.24) is 26.2 Å². The number of phenolic OH excluding ortho intramolecular Hbond substituents is 1. The summed E-state index contributed by atoms with van der Waals surface area (Å²) >= 11 is 0. The second-order valence-electron chi connectivity index (χ2n) is 10.8. The molecule has 0 unspecified atom stereocenters. The summed E-state index contributed by atoms with van der Waals surface area (Å²) in [5, 5.41) is 23.2. The highest BCUT2D eigenvalue weighted by Crippen LogP contribution is 2.19. The molecule has 2 aliphatic heterocycles. The van der Waals surface area contributed by atoms with Crippen molar-refractivity contribution in [3.05, 3.63) is 29.8 Å². The van der Waals surface area contributed by atoms with Crippen LogP contribution in [0.3, 0.4) is 0 Å². The molecule has 2 amide bonds. The summed E-state index contributed by atoms with van der Waals surface area (Å²) in [5.41, 5.74) is 0.925. The molecule has 0 aliphatic carbocycles. The Bertz CT molecular complexity index is 789. The van der Waals surface area contributed by atoms with Crippen LogP contribution in [0.5, 0.6) is 5.75 Å². The van der Waals surface area contributed by atoms with Crippen molar-refractivity contribution < 1.29 is 14.7 Å². The zero-order valence-corrected chi connectivity index (χ0v) is 22.8. The average Bonchev–Trinajstić information content (AvgIpc) is 2.91. The Morgan fingerprint density at radius 2 is 1.57 bits per heavy atom. The van der Waals surface area contributed by atoms with E-state index in [9.17, 15) is 14.7 Å². The van der Waals surface area contributed by atoms with E-state index in [1.54, 1.807) is 12.1 Å². The number of aromatic hydroxyl groups is 1. The fraction of sp³-hybridized carbons (Fsp3) is 0.724. The molecule has 2 aliphatic rings. The molecule has 0 saturated carbocycles. The van der Waals surface area contributed by atoms with Gasteiger partial charge < -0.3 is 31.3 Å². The quantitative estimate of drug-likeness (QED) is 0.230. The lowest BCUT2D eigenvalue weighted by atomic mass is 9.95. The fourth-order valence-electron chi connectivity index (χ4n) is 5.34. The first kappa shape index (κ1) is 29.4. The van der Waals surface area contributed by atoms with Gasteiger partial charge in [0.2, 0.25) is 11.8 Å². The van der Waals surface area contributed by atoms with Gasteiger partial charge in [-0.1, -0.05) is 19.1 Å². The number of likely N-dealkylation sites (tertiary alicyclic amines) is 1. The number of rotatable bonds is 15. The number of nitrogens with one attached hydrogen (secondary N) is 4. The normalized spacial score (nSPS) is 18.0. The van der Waals surface area contributed by atoms with Gasteiger partial charge in [0, 0.05) is 25.9 Å². The van der Waals surface area contributed by atoms with Crippen LogP contribution in [0.4, 0.5) is 0 Å². The molecule has 5 N–H and O–H groups in total. The van der Waals surface area contributed by atoms with E-state index in [4.69, 9.17) is 0 Å². The largest absolute Gasteiger partial charge is 0.508 e. The minimum absolute atomic E-state index is 0.000858. The van der Waals surface area contributed by atoms with Crippen molar-refractivity contribution in [2.45, 2.75) is 70.8 Å². The summed E-state index contributed by atoms with van der Waals surface area (Å²) in [4.78, 5) is 27.6. The van der Waals surface area contributed by atoms with E-state index >= 15 is 0 Å². The number of phenols is 1. The van der Waals surface area contributed by atoms with E-state index < -0.39 is 6.04 Å². The van der Waals surface area contributed by atoms with Gasteiger partial charge in [-0.2, -0.15) is 0 Å². The summed E-state index contributed by atoms with van der Waals surface area (Å²) in [6.07, 6.45) is 8.57. The predicted molar refractivity (Wildman–Crippen MR) is 149 cm³/mol. The third-order valence-electron chi connectivity index (χ3n) is 7.69. The molecule has 2 fully saturated rings. The number of carbonyl (C=O) groups is 2. The Hall–Kier alpha value is -2.16. The molecule has 0 aromatic heterocycles. The average molecular weight is 516 g/mol. The molecule has 1 aromatic carbocycles. The highest BCUT2D eigenvalue weighted by atomic mass is 16.3. The van der Waals surface area contributed by atoms with E-state index in [2.05, 4.69) is 21.3 Å². The van der Waals surface area contributed by atoms with Gasteiger partial charge in [-0.25, -0.2) is 0 Å². The summed E-state index contributed by atoms with van der Waals surface area (Å²) in [5.74, 6) is 1.54. The smallest absolute Gasteiger partial charge is 0.245 e. The topological polar surface area (TPSA) is 106 Å². The van der Waals surface area contributed by atoms with Crippen LogP contribution in [-0.4, -0.2) is 80.2 Å². The van der Waals surface area contributed by atoms with Gasteiger partial charge in [-0.15, -0.1) is 0 Å². The Labute approximate surface area is 223 Å². The molecule has 0 radical (unpaired) electrons. The van der Waals surface area contributed by atoms with E-state index in [0.717, 1.165) is 70.0 Å². The number of benzene rings is 1. The van der Waals surface area contributed by atoms with Gasteiger partial charge in [0.15, 0.2) is 0 Å². The molecular weight excluding hydrogens is 466 g/mol. The first-order valence-corrected chi connectivity index (χ1v) is 14.5. The summed E-state index contributed by atoms with van der Waals surface area (Å²) in [7, 11) is 0. The predicted octanol–water partition coefficient (Wildman–Crippen LogP) is 2.42. The molecule has 1 atom stereocenters. The van der Waals surface area contributed by atoms with Crippen LogP contribution in [0.1, 0.15) is 63.9 Å². The molecule has 8 heteroatoms. The highest BCUT2D eigenvalue weighted by molar-refractivity contribution is 5.88. The number of piperidine rings is 2. The van der Waals surface area contributed by atoms with Crippen LogP contribution < -0.4 is 21.3 Å². The zero-order chi connectivity index (χ0) is 26.3.